The molecule has 0 aliphatic carbocycles. The summed E-state index contributed by atoms with van der Waals surface area (Å²) in [5, 5.41) is 8.77. The summed E-state index contributed by atoms with van der Waals surface area (Å²) in [7, 11) is 0. The number of carboxylic acids is 1. The number of amides is 1. The van der Waals surface area contributed by atoms with Crippen LogP contribution >= 0.6 is 0 Å². The highest BCUT2D eigenvalue weighted by molar-refractivity contribution is 5.87. The second-order valence-electron chi connectivity index (χ2n) is 6.44. The first-order chi connectivity index (χ1) is 14.4. The quantitative estimate of drug-likeness (QED) is 0.562. The minimum absolute atomic E-state index is 0.0231. The Bertz CT molecular complexity index is 795. The molecular formula is C22H23NO7. The molecule has 8 nitrogen and oxygen atoms in total. The molecule has 0 unspecified atom stereocenters. The number of carbonyl (C=O) groups is 4. The fourth-order valence-electron chi connectivity index (χ4n) is 2.48. The molecule has 0 spiro atoms. The molecule has 30 heavy (non-hydrogen) atoms. The number of carboxylic acid groups (broad SMARTS) is 1. The van der Waals surface area contributed by atoms with Crippen LogP contribution in [0, 0.1) is 0 Å². The fourth-order valence-corrected chi connectivity index (χ4v) is 2.48. The van der Waals surface area contributed by atoms with Gasteiger partial charge in [-0.05, 0) is 11.1 Å². The average molecular weight is 413 g/mol. The Morgan fingerprint density at radius 2 is 1.13 bits per heavy atom. The highest BCUT2D eigenvalue weighted by atomic mass is 16.5. The lowest BCUT2D eigenvalue weighted by atomic mass is 10.2. The summed E-state index contributed by atoms with van der Waals surface area (Å²) >= 11 is 0. The number of nitrogens with zero attached hydrogens (tertiary/aromatic N) is 1. The average Bonchev–Trinajstić information content (AvgIpc) is 2.75. The van der Waals surface area contributed by atoms with Gasteiger partial charge >= 0.3 is 17.9 Å². The zero-order valence-electron chi connectivity index (χ0n) is 16.4. The molecule has 2 aromatic rings. The first kappa shape index (κ1) is 22.6. The molecule has 0 aromatic heterocycles. The summed E-state index contributed by atoms with van der Waals surface area (Å²) in [6, 6.07) is 18.0. The Hall–Kier alpha value is -3.68. The van der Waals surface area contributed by atoms with Gasteiger partial charge < -0.3 is 19.5 Å². The summed E-state index contributed by atoms with van der Waals surface area (Å²) in [5.74, 6) is -3.22. The summed E-state index contributed by atoms with van der Waals surface area (Å²) < 4.78 is 10.3. The van der Waals surface area contributed by atoms with Crippen LogP contribution in [0.4, 0.5) is 0 Å². The maximum Gasteiger partial charge on any atom is 0.325 e. The van der Waals surface area contributed by atoms with E-state index >= 15 is 0 Å². The van der Waals surface area contributed by atoms with Gasteiger partial charge in [-0.2, -0.15) is 0 Å². The molecule has 0 aliphatic heterocycles. The van der Waals surface area contributed by atoms with Gasteiger partial charge in [0.15, 0.2) is 0 Å². The lowest BCUT2D eigenvalue weighted by molar-refractivity contribution is -0.155. The number of hydrogen-bond acceptors (Lipinski definition) is 6. The fraction of sp³-hybridized carbons (Fsp3) is 0.273. The Morgan fingerprint density at radius 3 is 1.53 bits per heavy atom. The van der Waals surface area contributed by atoms with Crippen LogP contribution in [-0.2, 0) is 41.9 Å². The van der Waals surface area contributed by atoms with Crippen molar-refractivity contribution in [3.8, 4) is 0 Å². The van der Waals surface area contributed by atoms with Crippen molar-refractivity contribution in [2.24, 2.45) is 0 Å². The topological polar surface area (TPSA) is 110 Å². The molecule has 0 bridgehead atoms. The molecule has 2 aromatic carbocycles. The summed E-state index contributed by atoms with van der Waals surface area (Å²) in [6.45, 7) is -0.915. The summed E-state index contributed by atoms with van der Waals surface area (Å²) in [5.41, 5.74) is 1.55. The predicted molar refractivity (Wildman–Crippen MR) is 106 cm³/mol. The number of rotatable bonds is 11. The number of ether oxygens (including phenoxy) is 2. The van der Waals surface area contributed by atoms with Crippen LogP contribution in [0.25, 0.3) is 0 Å². The van der Waals surface area contributed by atoms with Crippen molar-refractivity contribution in [3.63, 3.8) is 0 Å². The zero-order chi connectivity index (χ0) is 21.8. The van der Waals surface area contributed by atoms with Gasteiger partial charge in [-0.1, -0.05) is 60.7 Å². The lowest BCUT2D eigenvalue weighted by Gasteiger charge is -2.20. The normalized spacial score (nSPS) is 10.1. The molecule has 0 atom stereocenters. The molecule has 158 valence electrons. The monoisotopic (exact) mass is 413 g/mol. The molecule has 0 aliphatic rings. The van der Waals surface area contributed by atoms with Crippen LogP contribution in [0.5, 0.6) is 0 Å². The van der Waals surface area contributed by atoms with Gasteiger partial charge in [-0.3, -0.25) is 19.2 Å². The van der Waals surface area contributed by atoms with Crippen molar-refractivity contribution in [1.29, 1.82) is 0 Å². The third-order valence-corrected chi connectivity index (χ3v) is 4.03. The van der Waals surface area contributed by atoms with E-state index in [1.54, 1.807) is 48.5 Å². The number of esters is 2. The Balaban J connectivity index is 1.91. The highest BCUT2D eigenvalue weighted by Crippen LogP contribution is 2.05. The van der Waals surface area contributed by atoms with Crippen molar-refractivity contribution in [1.82, 2.24) is 4.90 Å². The molecule has 0 heterocycles. The molecule has 1 N–H and O–H groups in total. The van der Waals surface area contributed by atoms with Crippen LogP contribution in [-0.4, -0.2) is 46.9 Å². The molecule has 0 fully saturated rings. The number of aliphatic carboxylic acids is 1. The van der Waals surface area contributed by atoms with E-state index in [2.05, 4.69) is 0 Å². The largest absolute Gasteiger partial charge is 0.481 e. The van der Waals surface area contributed by atoms with Crippen LogP contribution in [0.2, 0.25) is 0 Å². The van der Waals surface area contributed by atoms with E-state index in [1.807, 2.05) is 12.1 Å². The van der Waals surface area contributed by atoms with Crippen LogP contribution < -0.4 is 0 Å². The van der Waals surface area contributed by atoms with Crippen molar-refractivity contribution in [2.45, 2.75) is 26.1 Å². The van der Waals surface area contributed by atoms with Gasteiger partial charge in [0.2, 0.25) is 5.91 Å². The van der Waals surface area contributed by atoms with Gasteiger partial charge in [0.25, 0.3) is 0 Å². The number of benzene rings is 2. The molecular weight excluding hydrogens is 390 g/mol. The standard InChI is InChI=1S/C22H23NO7/c24-19(11-12-20(25)26)23(13-21(27)29-15-17-7-3-1-4-8-17)14-22(28)30-16-18-9-5-2-6-10-18/h1-10H,11-16H2,(H,25,26). The van der Waals surface area contributed by atoms with Gasteiger partial charge in [0.05, 0.1) is 6.42 Å². The van der Waals surface area contributed by atoms with Crippen molar-refractivity contribution >= 4 is 23.8 Å². The zero-order valence-corrected chi connectivity index (χ0v) is 16.4. The van der Waals surface area contributed by atoms with Crippen LogP contribution in [0.1, 0.15) is 24.0 Å². The highest BCUT2D eigenvalue weighted by Gasteiger charge is 2.22. The molecule has 0 saturated carbocycles. The van der Waals surface area contributed by atoms with E-state index in [0.29, 0.717) is 0 Å². The molecule has 8 heteroatoms. The lowest BCUT2D eigenvalue weighted by Crippen LogP contribution is -2.40. The van der Waals surface area contributed by atoms with Crippen molar-refractivity contribution in [2.75, 3.05) is 13.1 Å². The summed E-state index contributed by atoms with van der Waals surface area (Å²) in [6.07, 6.45) is -0.749. The van der Waals surface area contributed by atoms with E-state index in [4.69, 9.17) is 14.6 Å². The van der Waals surface area contributed by atoms with Gasteiger partial charge in [0, 0.05) is 6.42 Å². The summed E-state index contributed by atoms with van der Waals surface area (Å²) in [4.78, 5) is 48.3. The third kappa shape index (κ3) is 8.55. The maximum absolute atomic E-state index is 12.3. The minimum Gasteiger partial charge on any atom is -0.481 e. The van der Waals surface area contributed by atoms with E-state index in [1.165, 1.54) is 0 Å². The maximum atomic E-state index is 12.3. The third-order valence-electron chi connectivity index (χ3n) is 4.03. The van der Waals surface area contributed by atoms with Crippen molar-refractivity contribution < 1.29 is 33.8 Å². The molecule has 1 amide bonds. The Kier molecular flexibility index (Phi) is 9.05. The second kappa shape index (κ2) is 12.0. The van der Waals surface area contributed by atoms with Crippen LogP contribution in [0.15, 0.2) is 60.7 Å². The van der Waals surface area contributed by atoms with Crippen LogP contribution in [0.3, 0.4) is 0 Å². The molecule has 2 rings (SSSR count). The molecule has 0 saturated heterocycles. The minimum atomic E-state index is -1.15. The van der Waals surface area contributed by atoms with E-state index < -0.39 is 43.3 Å². The van der Waals surface area contributed by atoms with Crippen molar-refractivity contribution in [3.05, 3.63) is 71.8 Å². The SMILES string of the molecule is O=C(O)CCC(=O)N(CC(=O)OCc1ccccc1)CC(=O)OCc1ccccc1. The number of carbonyl (C=O) groups excluding carboxylic acids is 3. The van der Waals surface area contributed by atoms with E-state index in [0.717, 1.165) is 16.0 Å². The van der Waals surface area contributed by atoms with Gasteiger partial charge in [0.1, 0.15) is 26.3 Å². The van der Waals surface area contributed by atoms with Gasteiger partial charge in [-0.15, -0.1) is 0 Å². The Morgan fingerprint density at radius 1 is 0.700 bits per heavy atom. The Labute approximate surface area is 174 Å². The smallest absolute Gasteiger partial charge is 0.325 e. The second-order valence-corrected chi connectivity index (χ2v) is 6.44. The van der Waals surface area contributed by atoms with Gasteiger partial charge in [-0.25, -0.2) is 0 Å². The van der Waals surface area contributed by atoms with E-state index in [9.17, 15) is 19.2 Å². The predicted octanol–water partition coefficient (Wildman–Crippen LogP) is 2.17. The first-order valence-corrected chi connectivity index (χ1v) is 9.32. The molecule has 0 radical (unpaired) electrons. The first-order valence-electron chi connectivity index (χ1n) is 9.32. The number of hydrogen-bond donors (Lipinski definition) is 1. The van der Waals surface area contributed by atoms with E-state index in [-0.39, 0.29) is 19.6 Å².